The van der Waals surface area contributed by atoms with Crippen molar-refractivity contribution < 1.29 is 19.1 Å². The number of esters is 1. The summed E-state index contributed by atoms with van der Waals surface area (Å²) in [6.45, 7) is 1.91. The third-order valence-electron chi connectivity index (χ3n) is 4.22. The van der Waals surface area contributed by atoms with E-state index in [0.717, 1.165) is 0 Å². The number of amides is 2. The van der Waals surface area contributed by atoms with Crippen LogP contribution in [0.3, 0.4) is 0 Å². The lowest BCUT2D eigenvalue weighted by molar-refractivity contribution is -0.138. The summed E-state index contributed by atoms with van der Waals surface area (Å²) in [5.74, 6) is 0.111. The van der Waals surface area contributed by atoms with Gasteiger partial charge < -0.3 is 20.1 Å². The van der Waals surface area contributed by atoms with Crippen LogP contribution in [-0.4, -0.2) is 25.7 Å². The molecule has 0 spiro atoms. The SMILES string of the molecule is CCOC(=O)C1=C(c2ccc(OC)cc2)NC(=O)NC1c1ccc(Cl)c(Cl)c1. The Balaban J connectivity index is 2.17. The van der Waals surface area contributed by atoms with Crippen LogP contribution in [0.15, 0.2) is 48.0 Å². The molecule has 0 bridgehead atoms. The van der Waals surface area contributed by atoms with E-state index in [9.17, 15) is 9.59 Å². The largest absolute Gasteiger partial charge is 0.497 e. The van der Waals surface area contributed by atoms with Gasteiger partial charge in [-0.25, -0.2) is 9.59 Å². The summed E-state index contributed by atoms with van der Waals surface area (Å²) in [7, 11) is 1.56. The van der Waals surface area contributed by atoms with Gasteiger partial charge in [0, 0.05) is 0 Å². The van der Waals surface area contributed by atoms with E-state index in [4.69, 9.17) is 32.7 Å². The first-order chi connectivity index (χ1) is 13.4. The summed E-state index contributed by atoms with van der Waals surface area (Å²) < 4.78 is 10.4. The van der Waals surface area contributed by atoms with Crippen LogP contribution in [0.5, 0.6) is 5.75 Å². The standard InChI is InChI=1S/C20H18Cl2N2O4/c1-3-28-19(25)16-17(11-4-7-13(27-2)8-5-11)23-20(26)24-18(16)12-6-9-14(21)15(22)10-12/h4-10,18H,3H2,1-2H3,(H2,23,24,26). The Labute approximate surface area is 172 Å². The zero-order valence-corrected chi connectivity index (χ0v) is 16.7. The van der Waals surface area contributed by atoms with Gasteiger partial charge in [0.25, 0.3) is 0 Å². The monoisotopic (exact) mass is 420 g/mol. The number of hydrogen-bond donors (Lipinski definition) is 2. The molecule has 1 heterocycles. The molecule has 3 rings (SSSR count). The minimum atomic E-state index is -0.750. The van der Waals surface area contributed by atoms with Crippen molar-refractivity contribution in [1.82, 2.24) is 10.6 Å². The van der Waals surface area contributed by atoms with Crippen molar-refractivity contribution in [2.45, 2.75) is 13.0 Å². The molecular weight excluding hydrogens is 403 g/mol. The Kier molecular flexibility index (Phi) is 6.11. The smallest absolute Gasteiger partial charge is 0.338 e. The predicted octanol–water partition coefficient (Wildman–Crippen LogP) is 4.33. The highest BCUT2D eigenvalue weighted by Gasteiger charge is 2.34. The molecule has 1 aliphatic heterocycles. The maximum Gasteiger partial charge on any atom is 0.338 e. The summed E-state index contributed by atoms with van der Waals surface area (Å²) in [5.41, 5.74) is 1.88. The molecule has 1 unspecified atom stereocenters. The molecule has 0 saturated heterocycles. The Bertz CT molecular complexity index is 942. The number of urea groups is 1. The second-order valence-electron chi connectivity index (χ2n) is 5.94. The normalized spacial score (nSPS) is 16.3. The number of rotatable bonds is 5. The van der Waals surface area contributed by atoms with E-state index in [1.165, 1.54) is 0 Å². The van der Waals surface area contributed by atoms with Gasteiger partial charge in [0.05, 0.1) is 41.1 Å². The molecule has 2 amide bonds. The number of benzene rings is 2. The molecule has 8 heteroatoms. The van der Waals surface area contributed by atoms with Crippen LogP contribution in [0.25, 0.3) is 5.70 Å². The summed E-state index contributed by atoms with van der Waals surface area (Å²) >= 11 is 12.1. The average Bonchev–Trinajstić information content (AvgIpc) is 2.69. The van der Waals surface area contributed by atoms with Crippen molar-refractivity contribution in [3.05, 3.63) is 69.2 Å². The van der Waals surface area contributed by atoms with Crippen LogP contribution in [0.4, 0.5) is 4.79 Å². The van der Waals surface area contributed by atoms with Gasteiger partial charge in [0.1, 0.15) is 5.75 Å². The summed E-state index contributed by atoms with van der Waals surface area (Å²) in [6, 6.07) is 10.7. The Morgan fingerprint density at radius 1 is 1.11 bits per heavy atom. The average molecular weight is 421 g/mol. The number of carbonyl (C=O) groups excluding carboxylic acids is 2. The molecule has 0 fully saturated rings. The summed E-state index contributed by atoms with van der Waals surface area (Å²) in [6.07, 6.45) is 0. The van der Waals surface area contributed by atoms with Crippen LogP contribution < -0.4 is 15.4 Å². The maximum atomic E-state index is 12.8. The fourth-order valence-electron chi connectivity index (χ4n) is 2.92. The number of hydrogen-bond acceptors (Lipinski definition) is 4. The van der Waals surface area contributed by atoms with Crippen LogP contribution in [0.1, 0.15) is 24.1 Å². The van der Waals surface area contributed by atoms with E-state index < -0.39 is 18.0 Å². The van der Waals surface area contributed by atoms with Gasteiger partial charge in [-0.2, -0.15) is 0 Å². The molecule has 6 nitrogen and oxygen atoms in total. The number of nitrogens with one attached hydrogen (secondary N) is 2. The van der Waals surface area contributed by atoms with Crippen LogP contribution in [-0.2, 0) is 9.53 Å². The van der Waals surface area contributed by atoms with Crippen LogP contribution >= 0.6 is 23.2 Å². The van der Waals surface area contributed by atoms with Gasteiger partial charge in [-0.1, -0.05) is 29.3 Å². The quantitative estimate of drug-likeness (QED) is 0.705. The lowest BCUT2D eigenvalue weighted by Gasteiger charge is -2.29. The van der Waals surface area contributed by atoms with Crippen molar-refractivity contribution in [2.75, 3.05) is 13.7 Å². The van der Waals surface area contributed by atoms with Crippen molar-refractivity contribution >= 4 is 40.9 Å². The second kappa shape index (κ2) is 8.54. The molecule has 28 heavy (non-hydrogen) atoms. The minimum Gasteiger partial charge on any atom is -0.497 e. The van der Waals surface area contributed by atoms with Crippen molar-refractivity contribution in [3.63, 3.8) is 0 Å². The molecule has 1 atom stereocenters. The Morgan fingerprint density at radius 3 is 2.43 bits per heavy atom. The lowest BCUT2D eigenvalue weighted by atomic mass is 9.92. The zero-order valence-electron chi connectivity index (χ0n) is 15.2. The number of methoxy groups -OCH3 is 1. The van der Waals surface area contributed by atoms with E-state index >= 15 is 0 Å². The van der Waals surface area contributed by atoms with Crippen LogP contribution in [0, 0.1) is 0 Å². The zero-order chi connectivity index (χ0) is 20.3. The summed E-state index contributed by atoms with van der Waals surface area (Å²) in [4.78, 5) is 25.1. The van der Waals surface area contributed by atoms with Gasteiger partial charge in [0.2, 0.25) is 0 Å². The molecule has 0 radical (unpaired) electrons. The van der Waals surface area contributed by atoms with Gasteiger partial charge in [-0.3, -0.25) is 0 Å². The van der Waals surface area contributed by atoms with Crippen molar-refractivity contribution in [3.8, 4) is 5.75 Å². The molecule has 0 aromatic heterocycles. The summed E-state index contributed by atoms with van der Waals surface area (Å²) in [5, 5.41) is 6.17. The first kappa shape index (κ1) is 20.0. The topological polar surface area (TPSA) is 76.7 Å². The Morgan fingerprint density at radius 2 is 1.82 bits per heavy atom. The third-order valence-corrected chi connectivity index (χ3v) is 4.96. The number of halogens is 2. The highest BCUT2D eigenvalue weighted by Crippen LogP contribution is 2.34. The highest BCUT2D eigenvalue weighted by molar-refractivity contribution is 6.42. The second-order valence-corrected chi connectivity index (χ2v) is 6.76. The first-order valence-corrected chi connectivity index (χ1v) is 9.28. The van der Waals surface area contributed by atoms with Gasteiger partial charge in [-0.05, 0) is 54.4 Å². The van der Waals surface area contributed by atoms with E-state index in [2.05, 4.69) is 10.6 Å². The number of ether oxygens (including phenoxy) is 2. The van der Waals surface area contributed by atoms with Gasteiger partial charge in [-0.15, -0.1) is 0 Å². The lowest BCUT2D eigenvalue weighted by Crippen LogP contribution is -2.45. The molecule has 2 N–H and O–H groups in total. The highest BCUT2D eigenvalue weighted by atomic mass is 35.5. The molecule has 2 aromatic carbocycles. The molecule has 2 aromatic rings. The van der Waals surface area contributed by atoms with Crippen molar-refractivity contribution in [1.29, 1.82) is 0 Å². The van der Waals surface area contributed by atoms with E-state index in [0.29, 0.717) is 32.6 Å². The molecular formula is C20H18Cl2N2O4. The molecule has 146 valence electrons. The van der Waals surface area contributed by atoms with Crippen LogP contribution in [0.2, 0.25) is 10.0 Å². The van der Waals surface area contributed by atoms with Gasteiger partial charge in [0.15, 0.2) is 0 Å². The molecule has 0 saturated carbocycles. The first-order valence-electron chi connectivity index (χ1n) is 8.52. The van der Waals surface area contributed by atoms with E-state index in [1.807, 2.05) is 0 Å². The van der Waals surface area contributed by atoms with Crippen molar-refractivity contribution in [2.24, 2.45) is 0 Å². The third kappa shape index (κ3) is 4.08. The van der Waals surface area contributed by atoms with E-state index in [1.54, 1.807) is 56.5 Å². The predicted molar refractivity (Wildman–Crippen MR) is 107 cm³/mol. The molecule has 1 aliphatic rings. The molecule has 0 aliphatic carbocycles. The number of carbonyl (C=O) groups is 2. The fraction of sp³-hybridized carbons (Fsp3) is 0.200. The minimum absolute atomic E-state index is 0.195. The maximum absolute atomic E-state index is 12.8. The Hall–Kier alpha value is -2.70. The van der Waals surface area contributed by atoms with E-state index in [-0.39, 0.29) is 12.2 Å². The fourth-order valence-corrected chi connectivity index (χ4v) is 3.23. The van der Waals surface area contributed by atoms with Gasteiger partial charge >= 0.3 is 12.0 Å².